The van der Waals surface area contributed by atoms with Gasteiger partial charge in [-0.15, -0.1) is 0 Å². The second-order valence-corrected chi connectivity index (χ2v) is 7.68. The maximum absolute atomic E-state index is 11.9. The van der Waals surface area contributed by atoms with E-state index in [1.54, 1.807) is 23.9 Å². The summed E-state index contributed by atoms with van der Waals surface area (Å²) in [6, 6.07) is 12.6. The van der Waals surface area contributed by atoms with Gasteiger partial charge in [-0.2, -0.15) is 0 Å². The van der Waals surface area contributed by atoms with Gasteiger partial charge in [0.15, 0.2) is 10.1 Å². The van der Waals surface area contributed by atoms with Gasteiger partial charge in [0, 0.05) is 16.2 Å². The Kier molecular flexibility index (Phi) is 2.97. The fourth-order valence-corrected chi connectivity index (χ4v) is 4.28. The number of hydrogen-bond acceptors (Lipinski definition) is 2. The van der Waals surface area contributed by atoms with Gasteiger partial charge >= 0.3 is 0 Å². The van der Waals surface area contributed by atoms with Crippen molar-refractivity contribution >= 4 is 51.5 Å². The molecule has 0 atom stereocenters. The Bertz CT molecular complexity index is 849. The zero-order chi connectivity index (χ0) is 14.6. The summed E-state index contributed by atoms with van der Waals surface area (Å²) in [5.41, 5.74) is 2.31. The van der Waals surface area contributed by atoms with E-state index in [1.165, 1.54) is 21.2 Å². The lowest BCUT2D eigenvalue weighted by atomic mass is 9.94. The molecule has 2 aliphatic rings. The summed E-state index contributed by atoms with van der Waals surface area (Å²) in [5.74, 6) is -0.263. The number of carbonyl (C=O) groups is 1. The number of allylic oxidation sites excluding steroid dienone is 3. The number of fused-ring (bicyclic) bond motifs is 4. The lowest BCUT2D eigenvalue weighted by molar-refractivity contribution is -0.114. The van der Waals surface area contributed by atoms with Gasteiger partial charge in [0.25, 0.3) is 0 Å². The van der Waals surface area contributed by atoms with Crippen molar-refractivity contribution in [3.8, 4) is 0 Å². The Morgan fingerprint density at radius 3 is 2.76 bits per heavy atom. The molecule has 0 spiro atoms. The van der Waals surface area contributed by atoms with E-state index in [-0.39, 0.29) is 5.78 Å². The minimum absolute atomic E-state index is 0.263. The zero-order valence-corrected chi connectivity index (χ0v) is 13.2. The molecule has 1 aliphatic heterocycles. The molecule has 2 aromatic rings. The highest BCUT2D eigenvalue weighted by atomic mass is 35.5. The smallest absolute Gasteiger partial charge is 0.198 e. The first-order valence-corrected chi connectivity index (χ1v) is 8.16. The molecule has 0 bridgehead atoms. The van der Waals surface area contributed by atoms with Crippen molar-refractivity contribution in [2.24, 2.45) is 0 Å². The third kappa shape index (κ3) is 2.13. The van der Waals surface area contributed by atoms with E-state index >= 15 is 0 Å². The third-order valence-electron chi connectivity index (χ3n) is 3.85. The van der Waals surface area contributed by atoms with Crippen LogP contribution in [0.1, 0.15) is 5.56 Å². The van der Waals surface area contributed by atoms with E-state index in [0.29, 0.717) is 0 Å². The number of ketones is 1. The quantitative estimate of drug-likeness (QED) is 0.627. The normalized spacial score (nSPS) is 19.6. The third-order valence-corrected chi connectivity index (χ3v) is 5.64. The van der Waals surface area contributed by atoms with Crippen molar-refractivity contribution in [1.82, 2.24) is 0 Å². The summed E-state index contributed by atoms with van der Waals surface area (Å²) in [6.07, 6.45) is 4.01. The summed E-state index contributed by atoms with van der Waals surface area (Å²) in [7, 11) is 0. The fraction of sp³-hybridized carbons (Fsp3) is 0.118. The molecule has 0 aromatic heterocycles. The number of thioether (sulfide) groups is 1. The molecule has 0 fully saturated rings. The highest BCUT2D eigenvalue weighted by Crippen LogP contribution is 2.47. The number of alkyl halides is 2. The standard InChI is InChI=1S/C17H10Cl2OS/c18-17(19)9-11-7-13-12-4-2-1-3-10(12)5-6-14(13)21-15(11)8-16(17)20/h1-6,8-9H,7H2. The average molecular weight is 333 g/mol. The Labute approximate surface area is 136 Å². The molecule has 4 rings (SSSR count). The SMILES string of the molecule is O=C1C=C2Sc3ccc4ccccc4c3CC2=CC1(Cl)Cl. The number of hydrogen-bond donors (Lipinski definition) is 0. The van der Waals surface area contributed by atoms with E-state index in [2.05, 4.69) is 24.3 Å². The molecular formula is C17H10Cl2OS. The summed E-state index contributed by atoms with van der Waals surface area (Å²) >= 11 is 13.8. The largest absolute Gasteiger partial charge is 0.291 e. The summed E-state index contributed by atoms with van der Waals surface area (Å²) in [4.78, 5) is 14.1. The average Bonchev–Trinajstić information content (AvgIpc) is 2.46. The molecule has 1 nitrogen and oxygen atoms in total. The first-order valence-electron chi connectivity index (χ1n) is 6.59. The number of carbonyl (C=O) groups excluding carboxylic acids is 1. The topological polar surface area (TPSA) is 17.1 Å². The number of rotatable bonds is 0. The molecule has 0 N–H and O–H groups in total. The molecule has 21 heavy (non-hydrogen) atoms. The maximum atomic E-state index is 11.9. The van der Waals surface area contributed by atoms with Gasteiger partial charge < -0.3 is 0 Å². The molecule has 4 heteroatoms. The molecule has 0 radical (unpaired) electrons. The van der Waals surface area contributed by atoms with Gasteiger partial charge in [0.1, 0.15) is 0 Å². The van der Waals surface area contributed by atoms with Gasteiger partial charge in [0.2, 0.25) is 0 Å². The van der Waals surface area contributed by atoms with E-state index < -0.39 is 4.33 Å². The van der Waals surface area contributed by atoms with Crippen molar-refractivity contribution in [1.29, 1.82) is 0 Å². The monoisotopic (exact) mass is 332 g/mol. The number of benzene rings is 2. The number of halogens is 2. The first kappa shape index (κ1) is 13.4. The summed E-state index contributed by atoms with van der Waals surface area (Å²) in [6.45, 7) is 0. The van der Waals surface area contributed by atoms with E-state index in [4.69, 9.17) is 23.2 Å². The second kappa shape index (κ2) is 4.64. The molecule has 0 saturated heterocycles. The Morgan fingerprint density at radius 1 is 1.10 bits per heavy atom. The molecule has 104 valence electrons. The molecule has 1 aliphatic carbocycles. The van der Waals surface area contributed by atoms with Crippen LogP contribution < -0.4 is 0 Å². The minimum atomic E-state index is -1.43. The molecule has 0 saturated carbocycles. The minimum Gasteiger partial charge on any atom is -0.291 e. The fourth-order valence-electron chi connectivity index (χ4n) is 2.81. The molecule has 2 aromatic carbocycles. The molecule has 0 unspecified atom stereocenters. The second-order valence-electron chi connectivity index (χ2n) is 5.21. The van der Waals surface area contributed by atoms with Crippen LogP contribution in [0.2, 0.25) is 0 Å². The van der Waals surface area contributed by atoms with Crippen molar-refractivity contribution in [3.05, 3.63) is 64.6 Å². The van der Waals surface area contributed by atoms with E-state index in [1.807, 2.05) is 12.1 Å². The van der Waals surface area contributed by atoms with Crippen LogP contribution in [-0.4, -0.2) is 10.1 Å². The summed E-state index contributed by atoms with van der Waals surface area (Å²) in [5, 5.41) is 2.47. The van der Waals surface area contributed by atoms with Crippen LogP contribution in [-0.2, 0) is 11.2 Å². The van der Waals surface area contributed by atoms with E-state index in [9.17, 15) is 4.79 Å². The molecule has 0 amide bonds. The van der Waals surface area contributed by atoms with Crippen LogP contribution in [0.15, 0.2) is 63.9 Å². The van der Waals surface area contributed by atoms with Crippen LogP contribution in [0.4, 0.5) is 0 Å². The highest BCUT2D eigenvalue weighted by molar-refractivity contribution is 8.03. The van der Waals surface area contributed by atoms with Crippen LogP contribution >= 0.6 is 35.0 Å². The van der Waals surface area contributed by atoms with Crippen molar-refractivity contribution < 1.29 is 4.79 Å². The maximum Gasteiger partial charge on any atom is 0.198 e. The Balaban J connectivity index is 1.92. The Morgan fingerprint density at radius 2 is 1.90 bits per heavy atom. The van der Waals surface area contributed by atoms with E-state index in [0.717, 1.165) is 16.9 Å². The van der Waals surface area contributed by atoms with Crippen molar-refractivity contribution in [3.63, 3.8) is 0 Å². The Hall–Kier alpha value is -1.22. The van der Waals surface area contributed by atoms with Crippen molar-refractivity contribution in [2.75, 3.05) is 0 Å². The van der Waals surface area contributed by atoms with Crippen LogP contribution in [0, 0.1) is 0 Å². The van der Waals surface area contributed by atoms with Gasteiger partial charge in [-0.3, -0.25) is 4.79 Å². The van der Waals surface area contributed by atoms with Crippen LogP contribution in [0.3, 0.4) is 0 Å². The van der Waals surface area contributed by atoms with Gasteiger partial charge in [-0.05, 0) is 40.1 Å². The first-order chi connectivity index (χ1) is 10.0. The predicted molar refractivity (Wildman–Crippen MR) is 89.1 cm³/mol. The predicted octanol–water partition coefficient (Wildman–Crippen LogP) is 5.05. The lowest BCUT2D eigenvalue weighted by Crippen LogP contribution is -2.26. The summed E-state index contributed by atoms with van der Waals surface area (Å²) < 4.78 is -1.43. The van der Waals surface area contributed by atoms with Gasteiger partial charge in [-0.25, -0.2) is 0 Å². The van der Waals surface area contributed by atoms with Crippen molar-refractivity contribution in [2.45, 2.75) is 15.6 Å². The van der Waals surface area contributed by atoms with Crippen LogP contribution in [0.5, 0.6) is 0 Å². The molecule has 1 heterocycles. The highest BCUT2D eigenvalue weighted by Gasteiger charge is 2.36. The lowest BCUT2D eigenvalue weighted by Gasteiger charge is -2.28. The van der Waals surface area contributed by atoms with Gasteiger partial charge in [-0.1, -0.05) is 65.3 Å². The van der Waals surface area contributed by atoms with Crippen LogP contribution in [0.25, 0.3) is 10.8 Å². The molecular weight excluding hydrogens is 323 g/mol. The zero-order valence-electron chi connectivity index (χ0n) is 10.9. The van der Waals surface area contributed by atoms with Gasteiger partial charge in [0.05, 0.1) is 0 Å².